The van der Waals surface area contributed by atoms with Crippen LogP contribution in [-0.2, 0) is 6.54 Å². The largest absolute Gasteiger partial charge is 0.465 e. The van der Waals surface area contributed by atoms with E-state index in [9.17, 15) is 4.79 Å². The number of benzene rings is 2. The van der Waals surface area contributed by atoms with E-state index in [1.807, 2.05) is 22.9 Å². The molecule has 4 rings (SSSR count). The number of hydrogen-bond acceptors (Lipinski definition) is 3. The highest BCUT2D eigenvalue weighted by Gasteiger charge is 2.20. The van der Waals surface area contributed by atoms with Crippen LogP contribution in [0.1, 0.15) is 29.5 Å². The van der Waals surface area contributed by atoms with Crippen molar-refractivity contribution in [3.8, 4) is 0 Å². The SMILES string of the molecule is O=C(O)NC1CCN(c2ccc(/C=C/c3cc(Cl)cc(Cn4ccnc4)c3)cc2)CC1. The van der Waals surface area contributed by atoms with Crippen LogP contribution < -0.4 is 10.2 Å². The summed E-state index contributed by atoms with van der Waals surface area (Å²) in [6.45, 7) is 2.43. The molecule has 0 saturated carbocycles. The van der Waals surface area contributed by atoms with Gasteiger partial charge in [-0.15, -0.1) is 0 Å². The Morgan fingerprint density at radius 2 is 1.87 bits per heavy atom. The van der Waals surface area contributed by atoms with Gasteiger partial charge in [0.15, 0.2) is 0 Å². The minimum Gasteiger partial charge on any atom is -0.465 e. The first-order valence-corrected chi connectivity index (χ1v) is 10.7. The van der Waals surface area contributed by atoms with Crippen molar-refractivity contribution in [3.05, 3.63) is 82.9 Å². The molecule has 1 amide bonds. The standard InChI is InChI=1S/C24H25ClN4O2/c25-21-14-19(13-20(15-21)16-28-12-9-26-17-28)2-1-18-3-5-23(6-4-18)29-10-7-22(8-11-29)27-24(30)31/h1-6,9,12-15,17,22,27H,7-8,10-11,16H2,(H,30,31)/b2-1+. The summed E-state index contributed by atoms with van der Waals surface area (Å²) in [4.78, 5) is 17.2. The minimum absolute atomic E-state index is 0.0484. The van der Waals surface area contributed by atoms with Crippen molar-refractivity contribution < 1.29 is 9.90 Å². The van der Waals surface area contributed by atoms with E-state index in [1.54, 1.807) is 12.5 Å². The maximum absolute atomic E-state index is 10.8. The van der Waals surface area contributed by atoms with Crippen LogP contribution in [-0.4, -0.2) is 39.9 Å². The van der Waals surface area contributed by atoms with Gasteiger partial charge in [0, 0.05) is 48.8 Å². The third kappa shape index (κ3) is 5.89. The Hall–Kier alpha value is -3.25. The van der Waals surface area contributed by atoms with E-state index in [1.165, 1.54) is 0 Å². The van der Waals surface area contributed by atoms with Crippen LogP contribution in [0.4, 0.5) is 10.5 Å². The highest BCUT2D eigenvalue weighted by molar-refractivity contribution is 6.30. The van der Waals surface area contributed by atoms with Gasteiger partial charge < -0.3 is 19.9 Å². The van der Waals surface area contributed by atoms with Crippen LogP contribution in [0.15, 0.2) is 61.2 Å². The molecule has 6 nitrogen and oxygen atoms in total. The average molecular weight is 437 g/mol. The highest BCUT2D eigenvalue weighted by atomic mass is 35.5. The van der Waals surface area contributed by atoms with Gasteiger partial charge in [-0.05, 0) is 59.9 Å². The number of hydrogen-bond donors (Lipinski definition) is 2. The Kier molecular flexibility index (Phi) is 6.57. The summed E-state index contributed by atoms with van der Waals surface area (Å²) >= 11 is 6.32. The van der Waals surface area contributed by atoms with Crippen LogP contribution in [0.5, 0.6) is 0 Å². The van der Waals surface area contributed by atoms with Gasteiger partial charge in [0.25, 0.3) is 0 Å². The van der Waals surface area contributed by atoms with Crippen LogP contribution in [0.3, 0.4) is 0 Å². The second kappa shape index (κ2) is 9.71. The van der Waals surface area contributed by atoms with Crippen LogP contribution in [0.2, 0.25) is 5.02 Å². The van der Waals surface area contributed by atoms with Crippen molar-refractivity contribution in [2.24, 2.45) is 0 Å². The number of aromatic nitrogens is 2. The first-order chi connectivity index (χ1) is 15.0. The van der Waals surface area contributed by atoms with E-state index >= 15 is 0 Å². The summed E-state index contributed by atoms with van der Waals surface area (Å²) in [6, 6.07) is 14.6. The second-order valence-electron chi connectivity index (χ2n) is 7.76. The molecule has 0 unspecified atom stereocenters. The van der Waals surface area contributed by atoms with Gasteiger partial charge in [-0.1, -0.05) is 35.9 Å². The first-order valence-electron chi connectivity index (χ1n) is 10.3. The molecule has 2 heterocycles. The first kappa shape index (κ1) is 21.0. The fourth-order valence-electron chi connectivity index (χ4n) is 3.90. The molecule has 7 heteroatoms. The van der Waals surface area contributed by atoms with Crippen molar-refractivity contribution in [3.63, 3.8) is 0 Å². The zero-order valence-corrected chi connectivity index (χ0v) is 17.9. The normalized spacial score (nSPS) is 14.8. The molecular weight excluding hydrogens is 412 g/mol. The van der Waals surface area contributed by atoms with Crippen LogP contribution in [0, 0.1) is 0 Å². The van der Waals surface area contributed by atoms with Crippen molar-refractivity contribution in [1.82, 2.24) is 14.9 Å². The molecule has 1 aromatic heterocycles. The quantitative estimate of drug-likeness (QED) is 0.534. The van der Waals surface area contributed by atoms with E-state index in [0.29, 0.717) is 5.02 Å². The fourth-order valence-corrected chi connectivity index (χ4v) is 4.17. The Balaban J connectivity index is 1.38. The number of amides is 1. The Morgan fingerprint density at radius 3 is 2.55 bits per heavy atom. The van der Waals surface area contributed by atoms with Crippen LogP contribution in [0.25, 0.3) is 12.2 Å². The van der Waals surface area contributed by atoms with E-state index in [4.69, 9.17) is 16.7 Å². The fraction of sp³-hybridized carbons (Fsp3) is 0.250. The van der Waals surface area contributed by atoms with E-state index in [0.717, 1.165) is 54.9 Å². The molecule has 1 fully saturated rings. The lowest BCUT2D eigenvalue weighted by Crippen LogP contribution is -2.44. The second-order valence-corrected chi connectivity index (χ2v) is 8.20. The summed E-state index contributed by atoms with van der Waals surface area (Å²) < 4.78 is 2.01. The molecule has 0 spiro atoms. The van der Waals surface area contributed by atoms with Gasteiger partial charge >= 0.3 is 6.09 Å². The predicted octanol–water partition coefficient (Wildman–Crippen LogP) is 4.99. The van der Waals surface area contributed by atoms with Gasteiger partial charge in [0.2, 0.25) is 0 Å². The molecule has 2 N–H and O–H groups in total. The van der Waals surface area contributed by atoms with Crippen molar-refractivity contribution >= 4 is 35.5 Å². The van der Waals surface area contributed by atoms with Gasteiger partial charge in [0.1, 0.15) is 0 Å². The number of nitrogens with zero attached hydrogens (tertiary/aromatic N) is 3. The molecule has 0 atom stereocenters. The van der Waals surface area contributed by atoms with Crippen molar-refractivity contribution in [2.75, 3.05) is 18.0 Å². The van der Waals surface area contributed by atoms with Crippen molar-refractivity contribution in [1.29, 1.82) is 0 Å². The molecule has 0 radical (unpaired) electrons. The van der Waals surface area contributed by atoms with Gasteiger partial charge in [-0.25, -0.2) is 9.78 Å². The topological polar surface area (TPSA) is 70.4 Å². The third-order valence-electron chi connectivity index (χ3n) is 5.45. The number of rotatable bonds is 6. The van der Waals surface area contributed by atoms with Gasteiger partial charge in [-0.3, -0.25) is 0 Å². The number of carboxylic acid groups (broad SMARTS) is 1. The lowest BCUT2D eigenvalue weighted by atomic mass is 10.0. The highest BCUT2D eigenvalue weighted by Crippen LogP contribution is 2.22. The molecule has 0 aliphatic carbocycles. The zero-order valence-electron chi connectivity index (χ0n) is 17.1. The number of carbonyl (C=O) groups is 1. The number of anilines is 1. The molecular formula is C24H25ClN4O2. The molecule has 2 aromatic carbocycles. The molecule has 3 aromatic rings. The molecule has 1 aliphatic rings. The lowest BCUT2D eigenvalue weighted by molar-refractivity contribution is 0.187. The Bertz CT molecular complexity index is 1040. The van der Waals surface area contributed by atoms with Crippen LogP contribution >= 0.6 is 11.6 Å². The minimum atomic E-state index is -0.942. The van der Waals surface area contributed by atoms with E-state index < -0.39 is 6.09 Å². The monoisotopic (exact) mass is 436 g/mol. The molecule has 31 heavy (non-hydrogen) atoms. The summed E-state index contributed by atoms with van der Waals surface area (Å²) in [5, 5.41) is 12.2. The molecule has 1 aliphatic heterocycles. The number of nitrogens with one attached hydrogen (secondary N) is 1. The molecule has 160 valence electrons. The Morgan fingerprint density at radius 1 is 1.13 bits per heavy atom. The van der Waals surface area contributed by atoms with Crippen molar-refractivity contribution in [2.45, 2.75) is 25.4 Å². The smallest absolute Gasteiger partial charge is 0.404 e. The maximum atomic E-state index is 10.8. The number of halogens is 1. The molecule has 0 bridgehead atoms. The van der Waals surface area contributed by atoms with E-state index in [2.05, 4.69) is 57.7 Å². The zero-order chi connectivity index (χ0) is 21.6. The lowest BCUT2D eigenvalue weighted by Gasteiger charge is -2.33. The number of piperidine rings is 1. The third-order valence-corrected chi connectivity index (χ3v) is 5.67. The summed E-state index contributed by atoms with van der Waals surface area (Å²) in [5.74, 6) is 0. The molecule has 1 saturated heterocycles. The predicted molar refractivity (Wildman–Crippen MR) is 125 cm³/mol. The van der Waals surface area contributed by atoms with Gasteiger partial charge in [-0.2, -0.15) is 0 Å². The number of imidazole rings is 1. The summed E-state index contributed by atoms with van der Waals surface area (Å²) in [5.41, 5.74) is 4.46. The van der Waals surface area contributed by atoms with Gasteiger partial charge in [0.05, 0.1) is 6.33 Å². The Labute approximate surface area is 186 Å². The summed E-state index contributed by atoms with van der Waals surface area (Å²) in [6.07, 6.45) is 10.4. The maximum Gasteiger partial charge on any atom is 0.404 e. The average Bonchev–Trinajstić information content (AvgIpc) is 3.25. The van der Waals surface area contributed by atoms with E-state index in [-0.39, 0.29) is 6.04 Å². The summed E-state index contributed by atoms with van der Waals surface area (Å²) in [7, 11) is 0.